The molecule has 11 heavy (non-hydrogen) atoms. The highest BCUT2D eigenvalue weighted by Crippen LogP contribution is 2.19. The van der Waals surface area contributed by atoms with Crippen LogP contribution in [0.1, 0.15) is 25.7 Å². The first-order valence-electron chi connectivity index (χ1n) is 3.68. The molecule has 1 aliphatic rings. The molecule has 0 aromatic rings. The zero-order valence-corrected chi connectivity index (χ0v) is 7.79. The average Bonchev–Trinajstić information content (AvgIpc) is 1.85. The van der Waals surface area contributed by atoms with Crippen LogP contribution in [0.2, 0.25) is 0 Å². The van der Waals surface area contributed by atoms with Crippen molar-refractivity contribution < 1.29 is 8.42 Å². The largest absolute Gasteiger partial charge is 0.236 e. The summed E-state index contributed by atoms with van der Waals surface area (Å²) in [5, 5.41) is 0. The third-order valence-corrected chi connectivity index (χ3v) is 2.79. The minimum Gasteiger partial charge on any atom is -0.212 e. The lowest BCUT2D eigenvalue weighted by molar-refractivity contribution is 0.608. The van der Waals surface area contributed by atoms with Gasteiger partial charge < -0.3 is 0 Å². The topological polar surface area (TPSA) is 34.1 Å². The summed E-state index contributed by atoms with van der Waals surface area (Å²) >= 11 is 0. The molecule has 0 unspecified atom stereocenters. The van der Waals surface area contributed by atoms with E-state index in [1.807, 2.05) is 6.08 Å². The Balaban J connectivity index is 2.55. The van der Waals surface area contributed by atoms with Gasteiger partial charge >= 0.3 is 0 Å². The van der Waals surface area contributed by atoms with Gasteiger partial charge in [0.2, 0.25) is 9.05 Å². The second-order valence-electron chi connectivity index (χ2n) is 2.79. The van der Waals surface area contributed by atoms with Crippen molar-refractivity contribution in [2.75, 3.05) is 5.75 Å². The molecule has 0 saturated heterocycles. The SMILES string of the molecule is O=S(=O)(Cl)CC1=CCCCC1. The fraction of sp³-hybridized carbons (Fsp3) is 0.714. The summed E-state index contributed by atoms with van der Waals surface area (Å²) < 4.78 is 21.2. The predicted molar refractivity (Wildman–Crippen MR) is 46.2 cm³/mol. The highest BCUT2D eigenvalue weighted by Gasteiger charge is 2.11. The van der Waals surface area contributed by atoms with E-state index >= 15 is 0 Å². The Morgan fingerprint density at radius 2 is 2.18 bits per heavy atom. The van der Waals surface area contributed by atoms with Crippen LogP contribution in [0.25, 0.3) is 0 Å². The summed E-state index contributed by atoms with van der Waals surface area (Å²) in [6.07, 6.45) is 6.15. The van der Waals surface area contributed by atoms with Crippen molar-refractivity contribution in [3.8, 4) is 0 Å². The molecular weight excluding hydrogens is 184 g/mol. The lowest BCUT2D eigenvalue weighted by Crippen LogP contribution is -2.03. The number of rotatable bonds is 2. The van der Waals surface area contributed by atoms with Crippen molar-refractivity contribution in [3.63, 3.8) is 0 Å². The van der Waals surface area contributed by atoms with Crippen molar-refractivity contribution in [1.29, 1.82) is 0 Å². The minimum atomic E-state index is -3.32. The van der Waals surface area contributed by atoms with Crippen LogP contribution in [0.15, 0.2) is 11.6 Å². The molecule has 0 heterocycles. The minimum absolute atomic E-state index is 0.0363. The summed E-state index contributed by atoms with van der Waals surface area (Å²) in [5.74, 6) is 0.0363. The van der Waals surface area contributed by atoms with Crippen LogP contribution >= 0.6 is 10.7 Å². The molecule has 0 aromatic heterocycles. The van der Waals surface area contributed by atoms with E-state index < -0.39 is 9.05 Å². The molecule has 0 atom stereocenters. The Kier molecular flexibility index (Phi) is 2.96. The van der Waals surface area contributed by atoms with Gasteiger partial charge in [0, 0.05) is 10.7 Å². The lowest BCUT2D eigenvalue weighted by atomic mass is 10.0. The van der Waals surface area contributed by atoms with Crippen LogP contribution in [0, 0.1) is 0 Å². The number of hydrogen-bond acceptors (Lipinski definition) is 2. The maximum Gasteiger partial charge on any atom is 0.236 e. The van der Waals surface area contributed by atoms with Crippen LogP contribution in [0.5, 0.6) is 0 Å². The highest BCUT2D eigenvalue weighted by molar-refractivity contribution is 8.13. The molecule has 0 aliphatic heterocycles. The molecule has 0 saturated carbocycles. The Morgan fingerprint density at radius 3 is 2.64 bits per heavy atom. The third-order valence-electron chi connectivity index (χ3n) is 1.74. The van der Waals surface area contributed by atoms with E-state index in [4.69, 9.17) is 10.7 Å². The Hall–Kier alpha value is -0.0200. The van der Waals surface area contributed by atoms with Crippen molar-refractivity contribution in [3.05, 3.63) is 11.6 Å². The summed E-state index contributed by atoms with van der Waals surface area (Å²) in [4.78, 5) is 0. The Bertz CT molecular complexity index is 254. The first-order valence-corrected chi connectivity index (χ1v) is 6.16. The molecular formula is C7H11ClO2S. The van der Waals surface area contributed by atoms with Gasteiger partial charge in [0.1, 0.15) is 0 Å². The fourth-order valence-corrected chi connectivity index (χ4v) is 2.38. The predicted octanol–water partition coefficient (Wildman–Crippen LogP) is 2.06. The molecule has 0 amide bonds. The lowest BCUT2D eigenvalue weighted by Gasteiger charge is -2.09. The van der Waals surface area contributed by atoms with Gasteiger partial charge in [-0.3, -0.25) is 0 Å². The van der Waals surface area contributed by atoms with Gasteiger partial charge in [-0.05, 0) is 25.7 Å². The van der Waals surface area contributed by atoms with Crippen molar-refractivity contribution in [1.82, 2.24) is 0 Å². The van der Waals surface area contributed by atoms with Gasteiger partial charge in [-0.1, -0.05) is 11.6 Å². The molecule has 1 rings (SSSR count). The quantitative estimate of drug-likeness (QED) is 0.498. The molecule has 2 nitrogen and oxygen atoms in total. The molecule has 0 N–H and O–H groups in total. The van der Waals surface area contributed by atoms with E-state index in [2.05, 4.69) is 0 Å². The van der Waals surface area contributed by atoms with E-state index in [-0.39, 0.29) is 5.75 Å². The zero-order valence-electron chi connectivity index (χ0n) is 6.22. The molecule has 0 radical (unpaired) electrons. The van der Waals surface area contributed by atoms with Crippen molar-refractivity contribution in [2.45, 2.75) is 25.7 Å². The van der Waals surface area contributed by atoms with Gasteiger partial charge in [0.15, 0.2) is 0 Å². The smallest absolute Gasteiger partial charge is 0.212 e. The maximum atomic E-state index is 10.6. The zero-order chi connectivity index (χ0) is 8.32. The van der Waals surface area contributed by atoms with Crippen LogP contribution in [0.4, 0.5) is 0 Å². The van der Waals surface area contributed by atoms with Crippen LogP contribution in [-0.2, 0) is 9.05 Å². The van der Waals surface area contributed by atoms with Gasteiger partial charge in [-0.15, -0.1) is 0 Å². The van der Waals surface area contributed by atoms with Crippen molar-refractivity contribution >= 4 is 19.7 Å². The van der Waals surface area contributed by atoms with E-state index in [0.717, 1.165) is 24.8 Å². The van der Waals surface area contributed by atoms with Gasteiger partial charge in [0.05, 0.1) is 5.75 Å². The number of hydrogen-bond donors (Lipinski definition) is 0. The summed E-state index contributed by atoms with van der Waals surface area (Å²) in [6.45, 7) is 0. The van der Waals surface area contributed by atoms with E-state index in [1.165, 1.54) is 6.42 Å². The number of halogens is 1. The molecule has 4 heteroatoms. The number of allylic oxidation sites excluding steroid dienone is 1. The summed E-state index contributed by atoms with van der Waals surface area (Å²) in [7, 11) is 1.78. The normalized spacial score (nSPS) is 19.5. The maximum absolute atomic E-state index is 10.6. The second kappa shape index (κ2) is 3.59. The third kappa shape index (κ3) is 3.77. The molecule has 0 fully saturated rings. The highest BCUT2D eigenvalue weighted by atomic mass is 35.7. The fourth-order valence-electron chi connectivity index (χ4n) is 1.26. The Labute approximate surface area is 71.7 Å². The first kappa shape index (κ1) is 9.07. The molecule has 1 aliphatic carbocycles. The van der Waals surface area contributed by atoms with Crippen LogP contribution < -0.4 is 0 Å². The average molecular weight is 195 g/mol. The second-order valence-corrected chi connectivity index (χ2v) is 5.57. The molecule has 64 valence electrons. The Morgan fingerprint density at radius 1 is 1.45 bits per heavy atom. The van der Waals surface area contributed by atoms with Crippen LogP contribution in [0.3, 0.4) is 0 Å². The van der Waals surface area contributed by atoms with E-state index in [0.29, 0.717) is 0 Å². The molecule has 0 bridgehead atoms. The van der Waals surface area contributed by atoms with Gasteiger partial charge in [-0.2, -0.15) is 0 Å². The van der Waals surface area contributed by atoms with Gasteiger partial charge in [-0.25, -0.2) is 8.42 Å². The molecule has 0 aromatic carbocycles. The summed E-state index contributed by atoms with van der Waals surface area (Å²) in [5.41, 5.74) is 0.978. The summed E-state index contributed by atoms with van der Waals surface area (Å²) in [6, 6.07) is 0. The molecule has 0 spiro atoms. The van der Waals surface area contributed by atoms with Crippen molar-refractivity contribution in [2.24, 2.45) is 0 Å². The standard InChI is InChI=1S/C7H11ClO2S/c8-11(9,10)6-7-4-2-1-3-5-7/h4H,1-3,5-6H2. The van der Waals surface area contributed by atoms with Crippen LogP contribution in [-0.4, -0.2) is 14.2 Å². The van der Waals surface area contributed by atoms with Gasteiger partial charge in [0.25, 0.3) is 0 Å². The van der Waals surface area contributed by atoms with E-state index in [1.54, 1.807) is 0 Å². The first-order chi connectivity index (χ1) is 5.08. The van der Waals surface area contributed by atoms with E-state index in [9.17, 15) is 8.42 Å². The monoisotopic (exact) mass is 194 g/mol.